The molecule has 2 aromatic heterocycles. The molecule has 2 aromatic rings. The maximum atomic E-state index is 5.58. The molecule has 0 aliphatic heterocycles. The van der Waals surface area contributed by atoms with Crippen molar-refractivity contribution in [1.82, 2.24) is 19.5 Å². The van der Waals surface area contributed by atoms with Gasteiger partial charge in [0.05, 0.1) is 11.9 Å². The highest BCUT2D eigenvalue weighted by Crippen LogP contribution is 2.15. The van der Waals surface area contributed by atoms with Gasteiger partial charge in [-0.2, -0.15) is 4.98 Å². The number of nitrogens with zero attached hydrogens (tertiary/aromatic N) is 4. The Hall–Kier alpha value is -1.82. The molecule has 6 heteroatoms. The molecule has 0 aliphatic rings. The summed E-state index contributed by atoms with van der Waals surface area (Å²) in [7, 11) is 4.10. The van der Waals surface area contributed by atoms with Crippen LogP contribution in [-0.2, 0) is 0 Å². The Morgan fingerprint density at radius 2 is 2.24 bits per heavy atom. The average molecular weight is 234 g/mol. The highest BCUT2D eigenvalue weighted by Gasteiger charge is 2.05. The molecule has 92 valence electrons. The molecular weight excluding hydrogens is 216 g/mol. The van der Waals surface area contributed by atoms with Crippen molar-refractivity contribution < 1.29 is 0 Å². The van der Waals surface area contributed by atoms with Gasteiger partial charge in [-0.1, -0.05) is 0 Å². The van der Waals surface area contributed by atoms with E-state index in [1.54, 1.807) is 4.52 Å². The van der Waals surface area contributed by atoms with Crippen LogP contribution in [0.5, 0.6) is 0 Å². The normalized spacial score (nSPS) is 11.3. The summed E-state index contributed by atoms with van der Waals surface area (Å²) < 4.78 is 1.71. The first-order chi connectivity index (χ1) is 8.06. The lowest BCUT2D eigenvalue weighted by Crippen LogP contribution is -2.20. The first-order valence-electron chi connectivity index (χ1n) is 5.57. The number of fused-ring (bicyclic) bond motifs is 1. The number of aromatic nitrogens is 3. The third-order valence-corrected chi connectivity index (χ3v) is 2.52. The second-order valence-electron chi connectivity index (χ2n) is 4.38. The standard InChI is InChI=1S/C11H18N6/c1-8-6-9(13-4-5-16(2)3)7-17-10(8)14-11(12)15-17/h6-7,13H,4-5H2,1-3H3,(H2,12,15). The van der Waals surface area contributed by atoms with Gasteiger partial charge in [0.15, 0.2) is 5.65 Å². The van der Waals surface area contributed by atoms with Gasteiger partial charge in [0.1, 0.15) is 0 Å². The van der Waals surface area contributed by atoms with E-state index in [9.17, 15) is 0 Å². The Kier molecular flexibility index (Phi) is 3.14. The molecule has 2 heterocycles. The Balaban J connectivity index is 2.18. The molecular formula is C11H18N6. The van der Waals surface area contributed by atoms with Gasteiger partial charge in [-0.3, -0.25) is 0 Å². The van der Waals surface area contributed by atoms with Crippen LogP contribution in [0.1, 0.15) is 5.56 Å². The number of nitrogens with one attached hydrogen (secondary N) is 1. The van der Waals surface area contributed by atoms with E-state index < -0.39 is 0 Å². The SMILES string of the molecule is Cc1cc(NCCN(C)C)cn2nc(N)nc12. The van der Waals surface area contributed by atoms with Gasteiger partial charge in [-0.25, -0.2) is 4.52 Å². The first kappa shape index (κ1) is 11.7. The number of pyridine rings is 1. The molecule has 0 saturated heterocycles. The number of anilines is 2. The predicted octanol–water partition coefficient (Wildman–Crippen LogP) is 0.593. The lowest BCUT2D eigenvalue weighted by molar-refractivity contribution is 0.425. The number of hydrogen-bond acceptors (Lipinski definition) is 5. The summed E-state index contributed by atoms with van der Waals surface area (Å²) in [5.41, 5.74) is 8.47. The zero-order valence-corrected chi connectivity index (χ0v) is 10.4. The van der Waals surface area contributed by atoms with Gasteiger partial charge in [-0.05, 0) is 32.6 Å². The van der Waals surface area contributed by atoms with E-state index in [1.807, 2.05) is 27.2 Å². The topological polar surface area (TPSA) is 71.5 Å². The molecule has 0 unspecified atom stereocenters. The van der Waals surface area contributed by atoms with Gasteiger partial charge >= 0.3 is 0 Å². The van der Waals surface area contributed by atoms with Crippen LogP contribution in [0.2, 0.25) is 0 Å². The van der Waals surface area contributed by atoms with E-state index in [4.69, 9.17) is 5.73 Å². The van der Waals surface area contributed by atoms with Gasteiger partial charge in [0.2, 0.25) is 5.95 Å². The van der Waals surface area contributed by atoms with Crippen molar-refractivity contribution in [2.75, 3.05) is 38.2 Å². The molecule has 0 aromatic carbocycles. The molecule has 0 aliphatic carbocycles. The fraction of sp³-hybridized carbons (Fsp3) is 0.455. The number of aryl methyl sites for hydroxylation is 1. The van der Waals surface area contributed by atoms with E-state index >= 15 is 0 Å². The molecule has 0 fully saturated rings. The zero-order valence-electron chi connectivity index (χ0n) is 10.4. The zero-order chi connectivity index (χ0) is 12.4. The molecule has 6 nitrogen and oxygen atoms in total. The molecule has 0 atom stereocenters. The van der Waals surface area contributed by atoms with E-state index in [2.05, 4.69) is 26.4 Å². The number of rotatable bonds is 4. The van der Waals surface area contributed by atoms with E-state index in [-0.39, 0.29) is 0 Å². The minimum atomic E-state index is 0.304. The summed E-state index contributed by atoms with van der Waals surface area (Å²) >= 11 is 0. The average Bonchev–Trinajstić information content (AvgIpc) is 2.58. The van der Waals surface area contributed by atoms with Gasteiger partial charge in [-0.15, -0.1) is 5.10 Å². The maximum absolute atomic E-state index is 5.58. The smallest absolute Gasteiger partial charge is 0.240 e. The lowest BCUT2D eigenvalue weighted by Gasteiger charge is -2.11. The van der Waals surface area contributed by atoms with Crippen molar-refractivity contribution >= 4 is 17.3 Å². The van der Waals surface area contributed by atoms with Crippen molar-refractivity contribution in [3.63, 3.8) is 0 Å². The van der Waals surface area contributed by atoms with Crippen LogP contribution in [0.4, 0.5) is 11.6 Å². The van der Waals surface area contributed by atoms with Crippen LogP contribution in [0.15, 0.2) is 12.3 Å². The van der Waals surface area contributed by atoms with Crippen LogP contribution < -0.4 is 11.1 Å². The van der Waals surface area contributed by atoms with E-state index in [1.165, 1.54) is 0 Å². The fourth-order valence-corrected chi connectivity index (χ4v) is 1.69. The maximum Gasteiger partial charge on any atom is 0.240 e. The summed E-state index contributed by atoms with van der Waals surface area (Å²) in [6.07, 6.45) is 1.90. The molecule has 0 saturated carbocycles. The Morgan fingerprint density at radius 3 is 2.94 bits per heavy atom. The minimum Gasteiger partial charge on any atom is -0.383 e. The number of nitrogen functional groups attached to an aromatic ring is 1. The third kappa shape index (κ3) is 2.65. The minimum absolute atomic E-state index is 0.304. The second kappa shape index (κ2) is 4.58. The first-order valence-corrected chi connectivity index (χ1v) is 5.57. The molecule has 3 N–H and O–H groups in total. The third-order valence-electron chi connectivity index (χ3n) is 2.52. The number of hydrogen-bond donors (Lipinski definition) is 2. The molecule has 0 spiro atoms. The summed E-state index contributed by atoms with van der Waals surface area (Å²) in [5, 5.41) is 7.46. The van der Waals surface area contributed by atoms with Crippen molar-refractivity contribution in [3.05, 3.63) is 17.8 Å². The quantitative estimate of drug-likeness (QED) is 0.810. The number of likely N-dealkylation sites (N-methyl/N-ethyl adjacent to an activating group) is 1. The Bertz CT molecular complexity index is 516. The number of nitrogens with two attached hydrogens (primary N) is 1. The van der Waals surface area contributed by atoms with Crippen molar-refractivity contribution in [3.8, 4) is 0 Å². The molecule has 0 radical (unpaired) electrons. The van der Waals surface area contributed by atoms with Gasteiger partial charge < -0.3 is 16.0 Å². The van der Waals surface area contributed by atoms with Crippen LogP contribution in [0, 0.1) is 6.92 Å². The van der Waals surface area contributed by atoms with Crippen molar-refractivity contribution in [2.24, 2.45) is 0 Å². The van der Waals surface area contributed by atoms with E-state index in [0.29, 0.717) is 5.95 Å². The van der Waals surface area contributed by atoms with Crippen LogP contribution in [-0.4, -0.2) is 46.7 Å². The highest BCUT2D eigenvalue weighted by molar-refractivity contribution is 5.56. The molecule has 2 rings (SSSR count). The summed E-state index contributed by atoms with van der Waals surface area (Å²) in [6.45, 7) is 3.87. The van der Waals surface area contributed by atoms with Crippen LogP contribution >= 0.6 is 0 Å². The van der Waals surface area contributed by atoms with Crippen molar-refractivity contribution in [2.45, 2.75) is 6.92 Å². The fourth-order valence-electron chi connectivity index (χ4n) is 1.69. The largest absolute Gasteiger partial charge is 0.383 e. The van der Waals surface area contributed by atoms with Gasteiger partial charge in [0.25, 0.3) is 0 Å². The summed E-state index contributed by atoms with van der Waals surface area (Å²) in [5.74, 6) is 0.304. The summed E-state index contributed by atoms with van der Waals surface area (Å²) in [4.78, 5) is 6.29. The highest BCUT2D eigenvalue weighted by atomic mass is 15.3. The summed E-state index contributed by atoms with van der Waals surface area (Å²) in [6, 6.07) is 2.05. The Morgan fingerprint density at radius 1 is 1.47 bits per heavy atom. The molecule has 0 amide bonds. The monoisotopic (exact) mass is 234 g/mol. The van der Waals surface area contributed by atoms with Crippen LogP contribution in [0.3, 0.4) is 0 Å². The van der Waals surface area contributed by atoms with Crippen molar-refractivity contribution in [1.29, 1.82) is 0 Å². The van der Waals surface area contributed by atoms with Crippen LogP contribution in [0.25, 0.3) is 5.65 Å². The van der Waals surface area contributed by atoms with Gasteiger partial charge in [0, 0.05) is 13.1 Å². The Labute approximate surface area is 100 Å². The predicted molar refractivity (Wildman–Crippen MR) is 69.2 cm³/mol. The van der Waals surface area contributed by atoms with E-state index in [0.717, 1.165) is 30.0 Å². The second-order valence-corrected chi connectivity index (χ2v) is 4.38. The molecule has 17 heavy (non-hydrogen) atoms. The molecule has 0 bridgehead atoms. The lowest BCUT2D eigenvalue weighted by atomic mass is 10.3.